The molecule has 3 rings (SSSR count). The Balaban J connectivity index is 1.58. The maximum absolute atomic E-state index is 13.0. The maximum atomic E-state index is 13.0. The van der Waals surface area contributed by atoms with Gasteiger partial charge in [0.1, 0.15) is 0 Å². The molecule has 142 valence electrons. The Morgan fingerprint density at radius 2 is 1.52 bits per heavy atom. The van der Waals surface area contributed by atoms with Crippen LogP contribution in [0.1, 0.15) is 52.9 Å². The third-order valence-corrected chi connectivity index (χ3v) is 6.31. The first-order chi connectivity index (χ1) is 12.0. The SMILES string of the molecule is C[C@@H]1C[C@H](C)CN(C(=O)[C@H](C)N2CCC[C@H](C(=O)N3CCCC3)C2)C1. The van der Waals surface area contributed by atoms with Gasteiger partial charge in [0.05, 0.1) is 12.0 Å². The summed E-state index contributed by atoms with van der Waals surface area (Å²) in [6.45, 7) is 11.8. The fourth-order valence-corrected chi connectivity index (χ4v) is 5.02. The van der Waals surface area contributed by atoms with Gasteiger partial charge in [-0.3, -0.25) is 14.5 Å². The molecule has 0 unspecified atom stereocenters. The summed E-state index contributed by atoms with van der Waals surface area (Å²) in [5.41, 5.74) is 0. The highest BCUT2D eigenvalue weighted by atomic mass is 16.2. The van der Waals surface area contributed by atoms with Crippen molar-refractivity contribution in [2.45, 2.75) is 58.9 Å². The van der Waals surface area contributed by atoms with E-state index < -0.39 is 0 Å². The zero-order valence-corrected chi connectivity index (χ0v) is 16.2. The van der Waals surface area contributed by atoms with Gasteiger partial charge in [-0.2, -0.15) is 0 Å². The lowest BCUT2D eigenvalue weighted by atomic mass is 9.91. The molecule has 5 heteroatoms. The van der Waals surface area contributed by atoms with Crippen LogP contribution >= 0.6 is 0 Å². The molecule has 25 heavy (non-hydrogen) atoms. The van der Waals surface area contributed by atoms with Gasteiger partial charge in [0.2, 0.25) is 11.8 Å². The Labute approximate surface area is 152 Å². The van der Waals surface area contributed by atoms with Crippen LogP contribution in [0.4, 0.5) is 0 Å². The summed E-state index contributed by atoms with van der Waals surface area (Å²) in [4.78, 5) is 32.1. The predicted octanol–water partition coefficient (Wildman–Crippen LogP) is 2.21. The highest BCUT2D eigenvalue weighted by Crippen LogP contribution is 2.25. The van der Waals surface area contributed by atoms with Crippen LogP contribution in [-0.4, -0.2) is 71.8 Å². The van der Waals surface area contributed by atoms with E-state index in [4.69, 9.17) is 0 Å². The lowest BCUT2D eigenvalue weighted by Gasteiger charge is -2.41. The zero-order valence-electron chi connectivity index (χ0n) is 16.2. The Morgan fingerprint density at radius 1 is 0.880 bits per heavy atom. The number of carbonyl (C=O) groups is 2. The van der Waals surface area contributed by atoms with Crippen molar-refractivity contribution in [3.8, 4) is 0 Å². The van der Waals surface area contributed by atoms with Gasteiger partial charge in [0.25, 0.3) is 0 Å². The summed E-state index contributed by atoms with van der Waals surface area (Å²) in [6, 6.07) is -0.105. The molecule has 3 saturated heterocycles. The lowest BCUT2D eigenvalue weighted by molar-refractivity contribution is -0.143. The smallest absolute Gasteiger partial charge is 0.239 e. The topological polar surface area (TPSA) is 43.9 Å². The first-order valence-corrected chi connectivity index (χ1v) is 10.3. The van der Waals surface area contributed by atoms with Gasteiger partial charge >= 0.3 is 0 Å². The second-order valence-electron chi connectivity index (χ2n) is 8.73. The highest BCUT2D eigenvalue weighted by Gasteiger charge is 2.36. The van der Waals surface area contributed by atoms with Gasteiger partial charge in [-0.1, -0.05) is 13.8 Å². The molecule has 2 amide bonds. The van der Waals surface area contributed by atoms with E-state index in [0.717, 1.165) is 65.0 Å². The van der Waals surface area contributed by atoms with E-state index in [1.54, 1.807) is 0 Å². The average Bonchev–Trinajstić information content (AvgIpc) is 3.13. The van der Waals surface area contributed by atoms with E-state index in [0.29, 0.717) is 17.7 Å². The molecule has 5 nitrogen and oxygen atoms in total. The summed E-state index contributed by atoms with van der Waals surface area (Å²) in [5, 5.41) is 0. The number of carbonyl (C=O) groups excluding carboxylic acids is 2. The fraction of sp³-hybridized carbons (Fsp3) is 0.900. The normalized spacial score (nSPS) is 32.7. The number of likely N-dealkylation sites (tertiary alicyclic amines) is 3. The number of rotatable bonds is 3. The summed E-state index contributed by atoms with van der Waals surface area (Å²) >= 11 is 0. The molecule has 0 aromatic heterocycles. The number of amides is 2. The van der Waals surface area contributed by atoms with Crippen molar-refractivity contribution < 1.29 is 9.59 Å². The standard InChI is InChI=1S/C20H35N3O2/c1-15-11-16(2)13-23(12-15)19(24)17(3)22-10-6-7-18(14-22)20(25)21-8-4-5-9-21/h15-18H,4-14H2,1-3H3/t15-,16+,17-,18-/m0/s1. The van der Waals surface area contributed by atoms with Gasteiger partial charge in [0, 0.05) is 32.7 Å². The molecule has 0 aliphatic carbocycles. The van der Waals surface area contributed by atoms with Crippen LogP contribution in [0.15, 0.2) is 0 Å². The van der Waals surface area contributed by atoms with Gasteiger partial charge in [-0.15, -0.1) is 0 Å². The van der Waals surface area contributed by atoms with Gasteiger partial charge in [-0.05, 0) is 57.4 Å². The monoisotopic (exact) mass is 349 g/mol. The number of piperidine rings is 2. The first-order valence-electron chi connectivity index (χ1n) is 10.3. The van der Waals surface area contributed by atoms with E-state index in [-0.39, 0.29) is 17.9 Å². The second kappa shape index (κ2) is 8.07. The van der Waals surface area contributed by atoms with Gasteiger partial charge in [0.15, 0.2) is 0 Å². The number of hydrogen-bond donors (Lipinski definition) is 0. The van der Waals surface area contributed by atoms with Crippen LogP contribution in [0.25, 0.3) is 0 Å². The van der Waals surface area contributed by atoms with E-state index in [1.165, 1.54) is 6.42 Å². The van der Waals surface area contributed by atoms with Gasteiger partial charge < -0.3 is 9.80 Å². The van der Waals surface area contributed by atoms with Crippen LogP contribution in [0, 0.1) is 17.8 Å². The number of hydrogen-bond acceptors (Lipinski definition) is 3. The first kappa shape index (κ1) is 18.7. The Hall–Kier alpha value is -1.10. The predicted molar refractivity (Wildman–Crippen MR) is 99.1 cm³/mol. The van der Waals surface area contributed by atoms with Crippen LogP contribution in [-0.2, 0) is 9.59 Å². The Bertz CT molecular complexity index is 479. The molecule has 0 aromatic carbocycles. The van der Waals surface area contributed by atoms with Crippen LogP contribution < -0.4 is 0 Å². The molecule has 0 saturated carbocycles. The molecule has 4 atom stereocenters. The van der Waals surface area contributed by atoms with E-state index >= 15 is 0 Å². The third-order valence-electron chi connectivity index (χ3n) is 6.31. The number of nitrogens with zero attached hydrogens (tertiary/aromatic N) is 3. The molecule has 0 spiro atoms. The Morgan fingerprint density at radius 3 is 2.16 bits per heavy atom. The molecule has 0 aromatic rings. The van der Waals surface area contributed by atoms with E-state index in [2.05, 4.69) is 23.6 Å². The summed E-state index contributed by atoms with van der Waals surface area (Å²) in [6.07, 6.45) is 5.50. The largest absolute Gasteiger partial charge is 0.342 e. The summed E-state index contributed by atoms with van der Waals surface area (Å²) in [5.74, 6) is 1.84. The van der Waals surface area contributed by atoms with Crippen molar-refractivity contribution in [3.05, 3.63) is 0 Å². The molecule has 0 N–H and O–H groups in total. The van der Waals surface area contributed by atoms with Crippen molar-refractivity contribution in [2.24, 2.45) is 17.8 Å². The molecule has 3 heterocycles. The zero-order chi connectivity index (χ0) is 18.0. The molecule has 3 fully saturated rings. The summed E-state index contributed by atoms with van der Waals surface area (Å²) in [7, 11) is 0. The van der Waals surface area contributed by atoms with Crippen LogP contribution in [0.2, 0.25) is 0 Å². The van der Waals surface area contributed by atoms with Crippen molar-refractivity contribution >= 4 is 11.8 Å². The minimum Gasteiger partial charge on any atom is -0.342 e. The summed E-state index contributed by atoms with van der Waals surface area (Å²) < 4.78 is 0. The Kier molecular flexibility index (Phi) is 6.03. The molecule has 3 aliphatic heterocycles. The van der Waals surface area contributed by atoms with Crippen molar-refractivity contribution in [2.75, 3.05) is 39.3 Å². The van der Waals surface area contributed by atoms with Crippen molar-refractivity contribution in [3.63, 3.8) is 0 Å². The molecular formula is C20H35N3O2. The fourth-order valence-electron chi connectivity index (χ4n) is 5.02. The molecule has 0 radical (unpaired) electrons. The van der Waals surface area contributed by atoms with Crippen molar-refractivity contribution in [1.29, 1.82) is 0 Å². The molecule has 0 bridgehead atoms. The minimum absolute atomic E-state index is 0.0845. The molecular weight excluding hydrogens is 314 g/mol. The van der Waals surface area contributed by atoms with Crippen molar-refractivity contribution in [1.82, 2.24) is 14.7 Å². The average molecular weight is 350 g/mol. The maximum Gasteiger partial charge on any atom is 0.239 e. The van der Waals surface area contributed by atoms with Crippen LogP contribution in [0.5, 0.6) is 0 Å². The van der Waals surface area contributed by atoms with Gasteiger partial charge in [-0.25, -0.2) is 0 Å². The third kappa shape index (κ3) is 4.36. The highest BCUT2D eigenvalue weighted by molar-refractivity contribution is 5.82. The second-order valence-corrected chi connectivity index (χ2v) is 8.73. The lowest BCUT2D eigenvalue weighted by Crippen LogP contribution is -2.54. The quantitative estimate of drug-likeness (QED) is 0.785. The van der Waals surface area contributed by atoms with Crippen LogP contribution in [0.3, 0.4) is 0 Å². The van der Waals surface area contributed by atoms with E-state index in [9.17, 15) is 9.59 Å². The van der Waals surface area contributed by atoms with E-state index in [1.807, 2.05) is 11.8 Å². The minimum atomic E-state index is -0.105. The molecule has 3 aliphatic rings.